The monoisotopic (exact) mass is 378 g/mol. The smallest absolute Gasteiger partial charge is 0.247 e. The predicted molar refractivity (Wildman–Crippen MR) is 90.2 cm³/mol. The van der Waals surface area contributed by atoms with Crippen molar-refractivity contribution in [2.24, 2.45) is 0 Å². The highest BCUT2D eigenvalue weighted by atomic mass is 79.9. The van der Waals surface area contributed by atoms with E-state index in [1.54, 1.807) is 29.3 Å². The van der Waals surface area contributed by atoms with Crippen molar-refractivity contribution in [3.63, 3.8) is 0 Å². The minimum absolute atomic E-state index is 0.0948. The normalized spacial score (nSPS) is 16.5. The van der Waals surface area contributed by atoms with E-state index in [0.717, 1.165) is 29.2 Å². The Kier molecular flexibility index (Phi) is 4.61. The zero-order valence-corrected chi connectivity index (χ0v) is 14.8. The molecule has 1 fully saturated rings. The highest BCUT2D eigenvalue weighted by Crippen LogP contribution is 2.20. The largest absolute Gasteiger partial charge is 0.337 e. The number of piperazine rings is 1. The first kappa shape index (κ1) is 15.9. The first-order valence-electron chi connectivity index (χ1n) is 7.58. The van der Waals surface area contributed by atoms with Gasteiger partial charge in [-0.15, -0.1) is 0 Å². The summed E-state index contributed by atoms with van der Waals surface area (Å²) in [6.07, 6.45) is 5.20. The average molecular weight is 379 g/mol. The van der Waals surface area contributed by atoms with E-state index < -0.39 is 0 Å². The van der Waals surface area contributed by atoms with E-state index in [0.29, 0.717) is 13.1 Å². The van der Waals surface area contributed by atoms with Gasteiger partial charge in [0.1, 0.15) is 6.04 Å². The molecule has 2 aromatic rings. The van der Waals surface area contributed by atoms with Crippen LogP contribution in [0.15, 0.2) is 29.1 Å². The lowest BCUT2D eigenvalue weighted by atomic mass is 10.2. The quantitative estimate of drug-likeness (QED) is 0.812. The molecule has 23 heavy (non-hydrogen) atoms. The fourth-order valence-electron chi connectivity index (χ4n) is 2.74. The standard InChI is InChI=1S/C15H19BrN6O/c1-11-13(16)10-19-22(11)12(2)14(23)20-6-8-21(9-7-20)15-17-4-3-5-18-15/h3-5,10,12H,6-9H2,1-2H3/t12-/m1/s1. The van der Waals surface area contributed by atoms with Gasteiger partial charge >= 0.3 is 0 Å². The molecule has 0 spiro atoms. The maximum atomic E-state index is 12.7. The molecule has 0 bridgehead atoms. The van der Waals surface area contributed by atoms with E-state index in [4.69, 9.17) is 0 Å². The first-order chi connectivity index (χ1) is 11.1. The van der Waals surface area contributed by atoms with Crippen LogP contribution in [0.1, 0.15) is 18.7 Å². The van der Waals surface area contributed by atoms with Gasteiger partial charge in [-0.05, 0) is 35.8 Å². The Balaban J connectivity index is 1.63. The third kappa shape index (κ3) is 3.21. The van der Waals surface area contributed by atoms with Crippen molar-refractivity contribution in [3.05, 3.63) is 34.8 Å². The van der Waals surface area contributed by atoms with Gasteiger partial charge in [-0.25, -0.2) is 9.97 Å². The third-order valence-corrected chi connectivity index (χ3v) is 4.91. The molecule has 1 atom stereocenters. The lowest BCUT2D eigenvalue weighted by Gasteiger charge is -2.36. The Morgan fingerprint density at radius 3 is 2.43 bits per heavy atom. The highest BCUT2D eigenvalue weighted by molar-refractivity contribution is 9.10. The van der Waals surface area contributed by atoms with Crippen molar-refractivity contribution >= 4 is 27.8 Å². The summed E-state index contributed by atoms with van der Waals surface area (Å²) >= 11 is 3.43. The summed E-state index contributed by atoms with van der Waals surface area (Å²) in [5.41, 5.74) is 0.960. The SMILES string of the molecule is Cc1c(Br)cnn1[C@H](C)C(=O)N1CCN(c2ncccn2)CC1. The summed E-state index contributed by atoms with van der Waals surface area (Å²) < 4.78 is 2.68. The Morgan fingerprint density at radius 2 is 1.87 bits per heavy atom. The van der Waals surface area contributed by atoms with E-state index >= 15 is 0 Å². The third-order valence-electron chi connectivity index (χ3n) is 4.14. The molecule has 0 saturated carbocycles. The van der Waals surface area contributed by atoms with E-state index in [9.17, 15) is 4.79 Å². The minimum atomic E-state index is -0.305. The van der Waals surface area contributed by atoms with Gasteiger partial charge < -0.3 is 9.80 Å². The zero-order valence-electron chi connectivity index (χ0n) is 13.2. The van der Waals surface area contributed by atoms with Crippen LogP contribution in [-0.2, 0) is 4.79 Å². The van der Waals surface area contributed by atoms with Crippen LogP contribution in [0.25, 0.3) is 0 Å². The summed E-state index contributed by atoms with van der Waals surface area (Å²) in [6.45, 7) is 6.66. The van der Waals surface area contributed by atoms with Crippen molar-refractivity contribution in [2.45, 2.75) is 19.9 Å². The second-order valence-corrected chi connectivity index (χ2v) is 6.41. The van der Waals surface area contributed by atoms with Crippen LogP contribution in [0.2, 0.25) is 0 Å². The molecule has 1 aliphatic rings. The van der Waals surface area contributed by atoms with E-state index in [-0.39, 0.29) is 11.9 Å². The summed E-state index contributed by atoms with van der Waals surface area (Å²) in [5.74, 6) is 0.817. The summed E-state index contributed by atoms with van der Waals surface area (Å²) in [6, 6.07) is 1.50. The molecular formula is C15H19BrN6O. The Morgan fingerprint density at radius 1 is 1.22 bits per heavy atom. The van der Waals surface area contributed by atoms with E-state index in [1.807, 2.05) is 18.7 Å². The summed E-state index contributed by atoms with van der Waals surface area (Å²) in [5, 5.41) is 4.29. The molecule has 7 nitrogen and oxygen atoms in total. The maximum absolute atomic E-state index is 12.7. The topological polar surface area (TPSA) is 67.2 Å². The molecular weight excluding hydrogens is 360 g/mol. The van der Waals surface area contributed by atoms with E-state index in [1.165, 1.54) is 0 Å². The molecule has 0 aliphatic carbocycles. The molecule has 8 heteroatoms. The summed E-state index contributed by atoms with van der Waals surface area (Å²) in [4.78, 5) is 25.2. The first-order valence-corrected chi connectivity index (χ1v) is 8.37. The molecule has 3 heterocycles. The number of anilines is 1. The Labute approximate surface area is 143 Å². The molecule has 122 valence electrons. The Hall–Kier alpha value is -1.96. The second-order valence-electron chi connectivity index (χ2n) is 5.56. The van der Waals surface area contributed by atoms with Crippen molar-refractivity contribution in [1.29, 1.82) is 0 Å². The number of carbonyl (C=O) groups is 1. The van der Waals surface area contributed by atoms with Crippen LogP contribution < -0.4 is 4.90 Å². The van der Waals surface area contributed by atoms with Gasteiger partial charge in [0, 0.05) is 38.6 Å². The van der Waals surface area contributed by atoms with Crippen LogP contribution in [0.3, 0.4) is 0 Å². The van der Waals surface area contributed by atoms with Gasteiger partial charge in [0.25, 0.3) is 0 Å². The highest BCUT2D eigenvalue weighted by Gasteiger charge is 2.27. The molecule has 1 amide bonds. The van der Waals surface area contributed by atoms with E-state index in [2.05, 4.69) is 35.9 Å². The van der Waals surface area contributed by atoms with Gasteiger partial charge in [0.05, 0.1) is 16.4 Å². The summed E-state index contributed by atoms with van der Waals surface area (Å²) in [7, 11) is 0. The molecule has 3 rings (SSSR count). The fourth-order valence-corrected chi connectivity index (χ4v) is 3.02. The number of rotatable bonds is 3. The van der Waals surface area contributed by atoms with Crippen LogP contribution >= 0.6 is 15.9 Å². The van der Waals surface area contributed by atoms with Crippen LogP contribution in [0.5, 0.6) is 0 Å². The fraction of sp³-hybridized carbons (Fsp3) is 0.467. The number of amides is 1. The number of hydrogen-bond donors (Lipinski definition) is 0. The van der Waals surface area contributed by atoms with Gasteiger partial charge in [-0.2, -0.15) is 5.10 Å². The predicted octanol–water partition coefficient (Wildman–Crippen LogP) is 1.65. The Bertz CT molecular complexity index is 681. The molecule has 2 aromatic heterocycles. The van der Waals surface area contributed by atoms with Crippen LogP contribution in [-0.4, -0.2) is 56.7 Å². The molecule has 0 unspecified atom stereocenters. The zero-order chi connectivity index (χ0) is 16.4. The van der Waals surface area contributed by atoms with Crippen molar-refractivity contribution < 1.29 is 4.79 Å². The van der Waals surface area contributed by atoms with Crippen molar-refractivity contribution in [2.75, 3.05) is 31.1 Å². The minimum Gasteiger partial charge on any atom is -0.337 e. The lowest BCUT2D eigenvalue weighted by Crippen LogP contribution is -2.50. The molecule has 0 N–H and O–H groups in total. The van der Waals surface area contributed by atoms with Gasteiger partial charge in [-0.3, -0.25) is 9.48 Å². The van der Waals surface area contributed by atoms with Crippen molar-refractivity contribution in [3.8, 4) is 0 Å². The molecule has 0 aromatic carbocycles. The number of aromatic nitrogens is 4. The molecule has 1 aliphatic heterocycles. The maximum Gasteiger partial charge on any atom is 0.247 e. The van der Waals surface area contributed by atoms with Crippen molar-refractivity contribution in [1.82, 2.24) is 24.6 Å². The van der Waals surface area contributed by atoms with Gasteiger partial charge in [0.15, 0.2) is 0 Å². The average Bonchev–Trinajstić information content (AvgIpc) is 2.94. The van der Waals surface area contributed by atoms with Gasteiger partial charge in [-0.1, -0.05) is 0 Å². The van der Waals surface area contributed by atoms with Crippen LogP contribution in [0.4, 0.5) is 5.95 Å². The number of hydrogen-bond acceptors (Lipinski definition) is 5. The number of carbonyl (C=O) groups excluding carboxylic acids is 1. The second kappa shape index (κ2) is 6.66. The number of nitrogens with zero attached hydrogens (tertiary/aromatic N) is 6. The number of halogens is 1. The van der Waals surface area contributed by atoms with Crippen LogP contribution in [0, 0.1) is 6.92 Å². The van der Waals surface area contributed by atoms with Gasteiger partial charge in [0.2, 0.25) is 11.9 Å². The lowest BCUT2D eigenvalue weighted by molar-refractivity contribution is -0.134. The molecule has 1 saturated heterocycles. The molecule has 0 radical (unpaired) electrons.